The number of amides is 1. The first-order valence-electron chi connectivity index (χ1n) is 10.2. The first kappa shape index (κ1) is 20.8. The summed E-state index contributed by atoms with van der Waals surface area (Å²) in [7, 11) is 0. The van der Waals surface area contributed by atoms with E-state index in [1.54, 1.807) is 6.07 Å². The number of phenols is 1. The summed E-state index contributed by atoms with van der Waals surface area (Å²) in [5, 5.41) is 42.9. The number of benzene rings is 1. The van der Waals surface area contributed by atoms with E-state index in [2.05, 4.69) is 9.97 Å². The molecule has 6 N–H and O–H groups in total. The number of rotatable bonds is 2. The maximum absolute atomic E-state index is 13.5. The number of ketones is 2. The van der Waals surface area contributed by atoms with Crippen LogP contribution in [0.5, 0.6) is 5.75 Å². The molecule has 5 rings (SSSR count). The van der Waals surface area contributed by atoms with Crippen LogP contribution in [0.4, 0.5) is 0 Å². The van der Waals surface area contributed by atoms with E-state index in [1.165, 1.54) is 24.7 Å². The van der Waals surface area contributed by atoms with Crippen LogP contribution in [0.2, 0.25) is 0 Å². The highest BCUT2D eigenvalue weighted by Gasteiger charge is 2.59. The first-order valence-corrected chi connectivity index (χ1v) is 10.2. The van der Waals surface area contributed by atoms with Crippen molar-refractivity contribution in [1.82, 2.24) is 9.97 Å². The van der Waals surface area contributed by atoms with Gasteiger partial charge in [0.25, 0.3) is 5.91 Å². The summed E-state index contributed by atoms with van der Waals surface area (Å²) in [5.74, 6) is -6.56. The van der Waals surface area contributed by atoms with Gasteiger partial charge in [-0.15, -0.1) is 0 Å². The molecule has 1 heterocycles. The summed E-state index contributed by atoms with van der Waals surface area (Å²) in [6.45, 7) is 0. The lowest BCUT2D eigenvalue weighted by Crippen LogP contribution is -2.57. The number of hydrogen-bond donors (Lipinski definition) is 5. The molecule has 0 spiro atoms. The van der Waals surface area contributed by atoms with E-state index >= 15 is 0 Å². The number of nitrogens with zero attached hydrogens (tertiary/aromatic N) is 2. The molecule has 10 nitrogen and oxygen atoms in total. The van der Waals surface area contributed by atoms with E-state index in [0.29, 0.717) is 16.8 Å². The second-order valence-electron chi connectivity index (χ2n) is 8.49. The fraction of sp³-hybridized carbons (Fsp3) is 0.261. The number of hydrogen-bond acceptors (Lipinski definition) is 9. The molecule has 0 aliphatic heterocycles. The highest BCUT2D eigenvalue weighted by molar-refractivity contribution is 6.24. The summed E-state index contributed by atoms with van der Waals surface area (Å²) < 4.78 is 0. The average Bonchev–Trinajstić information content (AvgIpc) is 2.76. The maximum Gasteiger partial charge on any atom is 0.255 e. The van der Waals surface area contributed by atoms with Gasteiger partial charge in [-0.25, -0.2) is 0 Å². The lowest BCUT2D eigenvalue weighted by atomic mass is 9.60. The first-order chi connectivity index (χ1) is 15.7. The highest BCUT2D eigenvalue weighted by Crippen LogP contribution is 2.52. The molecule has 2 aromatic rings. The van der Waals surface area contributed by atoms with Gasteiger partial charge in [-0.05, 0) is 36.5 Å². The molecule has 3 atom stereocenters. The molecule has 3 aliphatic rings. The molecule has 10 heteroatoms. The molecule has 1 aromatic carbocycles. The Morgan fingerprint density at radius 2 is 1.88 bits per heavy atom. The molecular weight excluding hydrogens is 430 g/mol. The zero-order chi connectivity index (χ0) is 23.7. The van der Waals surface area contributed by atoms with Crippen LogP contribution in [0.15, 0.2) is 53.4 Å². The Labute approximate surface area is 186 Å². The number of primary amides is 1. The zero-order valence-corrected chi connectivity index (χ0v) is 17.1. The van der Waals surface area contributed by atoms with Crippen LogP contribution in [-0.2, 0) is 16.0 Å². The molecule has 0 bridgehead atoms. The van der Waals surface area contributed by atoms with E-state index in [-0.39, 0.29) is 36.1 Å². The van der Waals surface area contributed by atoms with Gasteiger partial charge in [-0.1, -0.05) is 0 Å². The van der Waals surface area contributed by atoms with Crippen molar-refractivity contribution < 1.29 is 34.8 Å². The molecule has 0 fully saturated rings. The predicted octanol–water partition coefficient (Wildman–Crippen LogP) is 1.04. The van der Waals surface area contributed by atoms with Crippen LogP contribution >= 0.6 is 0 Å². The summed E-state index contributed by atoms with van der Waals surface area (Å²) in [4.78, 5) is 46.4. The largest absolute Gasteiger partial charge is 0.511 e. The number of allylic oxidation sites excluding steroid dienone is 2. The molecule has 1 amide bonds. The summed E-state index contributed by atoms with van der Waals surface area (Å²) >= 11 is 0. The summed E-state index contributed by atoms with van der Waals surface area (Å²) in [6, 6.07) is 2.95. The van der Waals surface area contributed by atoms with Gasteiger partial charge in [0.05, 0.1) is 17.5 Å². The van der Waals surface area contributed by atoms with Crippen molar-refractivity contribution in [3.05, 3.63) is 64.5 Å². The summed E-state index contributed by atoms with van der Waals surface area (Å²) in [6.07, 6.45) is 4.52. The minimum atomic E-state index is -2.58. The van der Waals surface area contributed by atoms with Crippen LogP contribution < -0.4 is 5.73 Å². The number of aromatic nitrogens is 2. The predicted molar refractivity (Wildman–Crippen MR) is 112 cm³/mol. The third-order valence-electron chi connectivity index (χ3n) is 6.78. The van der Waals surface area contributed by atoms with Gasteiger partial charge >= 0.3 is 0 Å². The van der Waals surface area contributed by atoms with Crippen LogP contribution in [0.3, 0.4) is 0 Å². The Kier molecular flexibility index (Phi) is 4.40. The third kappa shape index (κ3) is 2.74. The van der Waals surface area contributed by atoms with Gasteiger partial charge < -0.3 is 26.2 Å². The van der Waals surface area contributed by atoms with Crippen LogP contribution in [-0.4, -0.2) is 53.5 Å². The number of phenolic OH excluding ortho intramolecular Hbond substituents is 1. The number of aliphatic hydroxyl groups excluding tert-OH is 2. The van der Waals surface area contributed by atoms with Crippen molar-refractivity contribution in [2.75, 3.05) is 0 Å². The minimum absolute atomic E-state index is 0.0604. The molecule has 1 aromatic heterocycles. The van der Waals surface area contributed by atoms with Gasteiger partial charge in [-0.3, -0.25) is 24.4 Å². The Morgan fingerprint density at radius 3 is 2.55 bits per heavy atom. The van der Waals surface area contributed by atoms with E-state index in [9.17, 15) is 34.8 Å². The Hall–Kier alpha value is -4.05. The quantitative estimate of drug-likeness (QED) is 0.418. The van der Waals surface area contributed by atoms with Crippen molar-refractivity contribution in [2.24, 2.45) is 17.6 Å². The molecule has 0 saturated heterocycles. The van der Waals surface area contributed by atoms with Crippen LogP contribution in [0.1, 0.15) is 28.8 Å². The normalized spacial score (nSPS) is 26.6. The zero-order valence-electron chi connectivity index (χ0n) is 17.1. The fourth-order valence-corrected chi connectivity index (χ4v) is 5.30. The van der Waals surface area contributed by atoms with E-state index in [4.69, 9.17) is 5.73 Å². The molecule has 0 saturated carbocycles. The molecule has 3 aliphatic carbocycles. The van der Waals surface area contributed by atoms with Crippen molar-refractivity contribution in [2.45, 2.75) is 24.9 Å². The Morgan fingerprint density at radius 1 is 1.12 bits per heavy atom. The summed E-state index contributed by atoms with van der Waals surface area (Å²) in [5.41, 5.74) is 3.14. The van der Waals surface area contributed by atoms with E-state index < -0.39 is 52.0 Å². The number of carbonyl (C=O) groups is 3. The smallest absolute Gasteiger partial charge is 0.255 e. The molecule has 168 valence electrons. The van der Waals surface area contributed by atoms with Gasteiger partial charge in [0.15, 0.2) is 11.4 Å². The van der Waals surface area contributed by atoms with Crippen molar-refractivity contribution >= 4 is 17.5 Å². The second kappa shape index (κ2) is 6.97. The lowest BCUT2D eigenvalue weighted by Gasteiger charge is -2.45. The van der Waals surface area contributed by atoms with Crippen molar-refractivity contribution in [3.8, 4) is 17.0 Å². The number of fused-ring (bicyclic) bond motifs is 3. The molecular formula is C23H19N3O7. The third-order valence-corrected chi connectivity index (χ3v) is 6.78. The topological polar surface area (TPSA) is 184 Å². The molecule has 0 radical (unpaired) electrons. The fourth-order valence-electron chi connectivity index (χ4n) is 5.30. The van der Waals surface area contributed by atoms with Crippen LogP contribution in [0, 0.1) is 11.8 Å². The van der Waals surface area contributed by atoms with Gasteiger partial charge in [0.1, 0.15) is 22.8 Å². The van der Waals surface area contributed by atoms with Gasteiger partial charge in [0, 0.05) is 35.9 Å². The number of nitrogens with two attached hydrogens (primary N) is 1. The second-order valence-corrected chi connectivity index (χ2v) is 8.49. The lowest BCUT2D eigenvalue weighted by molar-refractivity contribution is -0.144. The number of Topliss-reactive ketones (excluding diaryl/α,β-unsaturated/α-hetero) is 2. The minimum Gasteiger partial charge on any atom is -0.511 e. The standard InChI is InChI=1S/C23H19N3O7/c24-22(32)18-15(28)7-10-5-9-6-12-11(13-8-25-3-4-26-13)1-2-14(27)17(12)19(29)16(9)20(30)23(10,33)21(18)31/h1-4,8-10,27-28,30,33H,5-7H2,(H2,24,32)/t9-,10+,23+/m1/s1. The van der Waals surface area contributed by atoms with Gasteiger partial charge in [-0.2, -0.15) is 0 Å². The highest BCUT2D eigenvalue weighted by atomic mass is 16.3. The number of aromatic hydroxyl groups is 1. The maximum atomic E-state index is 13.5. The average molecular weight is 449 g/mol. The Balaban J connectivity index is 1.69. The van der Waals surface area contributed by atoms with Crippen molar-refractivity contribution in [1.29, 1.82) is 0 Å². The molecule has 33 heavy (non-hydrogen) atoms. The number of aliphatic hydroxyl groups is 3. The number of carbonyl (C=O) groups excluding carboxylic acids is 3. The van der Waals surface area contributed by atoms with E-state index in [1.807, 2.05) is 0 Å². The van der Waals surface area contributed by atoms with Crippen molar-refractivity contribution in [3.63, 3.8) is 0 Å². The Bertz CT molecular complexity index is 1310. The SMILES string of the molecule is NC(=O)C1=C(O)C[C@@H]2C[C@@H]3Cc4c(-c5cnccn5)ccc(O)c4C(=O)C3=C(O)[C@]2(O)C1=O. The van der Waals surface area contributed by atoms with Gasteiger partial charge in [0.2, 0.25) is 5.78 Å². The van der Waals surface area contributed by atoms with Crippen LogP contribution in [0.25, 0.3) is 11.3 Å². The monoisotopic (exact) mass is 449 g/mol. The molecule has 0 unspecified atom stereocenters. The van der Waals surface area contributed by atoms with E-state index in [0.717, 1.165) is 0 Å².